The molecule has 2 aliphatic rings. The van der Waals surface area contributed by atoms with Crippen LogP contribution in [0.15, 0.2) is 36.6 Å². The second kappa shape index (κ2) is 11.0. The SMILES string of the molecule is C=C(NCC/C(=C/CC)c1cc(Cl)ccc1C)C1CCN(CC2CCCCC2)C1=O. The standard InChI is InChI=1S/C26H37ClN2O/c1-4-8-22(25-17-23(27)12-11-19(25)2)13-15-28-20(3)24-14-16-29(26(24)30)18-21-9-6-5-7-10-21/h8,11-12,17,21,24,28H,3-7,9-10,13-16,18H2,1-2H3/b22-8-. The number of nitrogens with zero attached hydrogens (tertiary/aromatic N) is 1. The van der Waals surface area contributed by atoms with Crippen LogP contribution in [-0.2, 0) is 4.79 Å². The molecule has 1 atom stereocenters. The van der Waals surface area contributed by atoms with Crippen molar-refractivity contribution in [2.24, 2.45) is 11.8 Å². The molecule has 164 valence electrons. The molecule has 1 saturated carbocycles. The van der Waals surface area contributed by atoms with Crippen LogP contribution >= 0.6 is 11.6 Å². The van der Waals surface area contributed by atoms with Gasteiger partial charge >= 0.3 is 0 Å². The lowest BCUT2D eigenvalue weighted by Crippen LogP contribution is -2.34. The molecule has 3 nitrogen and oxygen atoms in total. The summed E-state index contributed by atoms with van der Waals surface area (Å²) in [5, 5.41) is 4.22. The lowest BCUT2D eigenvalue weighted by atomic mass is 9.89. The second-order valence-corrected chi connectivity index (χ2v) is 9.36. The predicted molar refractivity (Wildman–Crippen MR) is 127 cm³/mol. The average Bonchev–Trinajstić information content (AvgIpc) is 3.10. The van der Waals surface area contributed by atoms with Crippen LogP contribution < -0.4 is 5.32 Å². The first-order chi connectivity index (χ1) is 14.5. The van der Waals surface area contributed by atoms with Crippen LogP contribution in [0.3, 0.4) is 0 Å². The first-order valence-corrected chi connectivity index (χ1v) is 12.0. The molecule has 3 rings (SSSR count). The fourth-order valence-corrected chi connectivity index (χ4v) is 5.11. The number of likely N-dealkylation sites (tertiary alicyclic amines) is 1. The van der Waals surface area contributed by atoms with Gasteiger partial charge in [0.15, 0.2) is 0 Å². The molecule has 0 bridgehead atoms. The first-order valence-electron chi connectivity index (χ1n) is 11.7. The number of carbonyl (C=O) groups is 1. The fourth-order valence-electron chi connectivity index (χ4n) is 4.94. The third-order valence-corrected chi connectivity index (χ3v) is 6.90. The maximum Gasteiger partial charge on any atom is 0.231 e. The Morgan fingerprint density at radius 1 is 1.27 bits per heavy atom. The molecule has 0 spiro atoms. The molecule has 1 saturated heterocycles. The van der Waals surface area contributed by atoms with Gasteiger partial charge in [-0.05, 0) is 73.8 Å². The van der Waals surface area contributed by atoms with Crippen molar-refractivity contribution in [2.45, 2.75) is 65.2 Å². The third-order valence-electron chi connectivity index (χ3n) is 6.66. The third kappa shape index (κ3) is 5.91. The molecule has 1 aromatic rings. The van der Waals surface area contributed by atoms with Gasteiger partial charge in [-0.2, -0.15) is 0 Å². The normalized spacial score (nSPS) is 20.6. The number of hydrogen-bond donors (Lipinski definition) is 1. The number of rotatable bonds is 9. The van der Waals surface area contributed by atoms with Gasteiger partial charge in [0.2, 0.25) is 5.91 Å². The van der Waals surface area contributed by atoms with E-state index in [0.717, 1.165) is 49.6 Å². The number of allylic oxidation sites excluding steroid dienone is 1. The Balaban J connectivity index is 1.51. The number of nitrogens with one attached hydrogen (secondary N) is 1. The van der Waals surface area contributed by atoms with Crippen molar-refractivity contribution in [1.29, 1.82) is 0 Å². The van der Waals surface area contributed by atoms with E-state index >= 15 is 0 Å². The van der Waals surface area contributed by atoms with Gasteiger partial charge in [-0.15, -0.1) is 0 Å². The van der Waals surface area contributed by atoms with E-state index in [1.54, 1.807) is 0 Å². The summed E-state index contributed by atoms with van der Waals surface area (Å²) in [6.07, 6.45) is 11.6. The highest BCUT2D eigenvalue weighted by molar-refractivity contribution is 6.30. The molecule has 2 fully saturated rings. The van der Waals surface area contributed by atoms with E-state index in [-0.39, 0.29) is 11.8 Å². The molecule has 4 heteroatoms. The van der Waals surface area contributed by atoms with Crippen LogP contribution in [0.4, 0.5) is 0 Å². The highest BCUT2D eigenvalue weighted by Gasteiger charge is 2.34. The Bertz CT molecular complexity index is 779. The van der Waals surface area contributed by atoms with Crippen molar-refractivity contribution in [1.82, 2.24) is 10.2 Å². The van der Waals surface area contributed by atoms with Gasteiger partial charge in [0.1, 0.15) is 0 Å². The minimum atomic E-state index is -0.0694. The van der Waals surface area contributed by atoms with Crippen molar-refractivity contribution >= 4 is 23.1 Å². The van der Waals surface area contributed by atoms with Crippen LogP contribution in [0.5, 0.6) is 0 Å². The quantitative estimate of drug-likeness (QED) is 0.496. The van der Waals surface area contributed by atoms with Crippen molar-refractivity contribution in [2.75, 3.05) is 19.6 Å². The van der Waals surface area contributed by atoms with E-state index in [9.17, 15) is 4.79 Å². The summed E-state index contributed by atoms with van der Waals surface area (Å²) in [5.74, 6) is 0.901. The Morgan fingerprint density at radius 2 is 2.03 bits per heavy atom. The molecule has 30 heavy (non-hydrogen) atoms. The smallest absolute Gasteiger partial charge is 0.231 e. The first kappa shape index (κ1) is 22.9. The number of amides is 1. The molecule has 1 aliphatic carbocycles. The molecule has 1 heterocycles. The van der Waals surface area contributed by atoms with Gasteiger partial charge in [-0.1, -0.05) is 56.5 Å². The molecule has 0 aromatic heterocycles. The zero-order valence-corrected chi connectivity index (χ0v) is 19.4. The highest BCUT2D eigenvalue weighted by Crippen LogP contribution is 2.30. The van der Waals surface area contributed by atoms with Gasteiger partial charge in [0, 0.05) is 30.4 Å². The molecule has 1 aromatic carbocycles. The molecular formula is C26H37ClN2O. The van der Waals surface area contributed by atoms with E-state index in [1.807, 2.05) is 6.07 Å². The predicted octanol–water partition coefficient (Wildman–Crippen LogP) is 6.36. The van der Waals surface area contributed by atoms with Crippen molar-refractivity contribution in [3.63, 3.8) is 0 Å². The van der Waals surface area contributed by atoms with Gasteiger partial charge < -0.3 is 10.2 Å². The summed E-state index contributed by atoms with van der Waals surface area (Å²) in [7, 11) is 0. The molecule has 1 N–H and O–H groups in total. The Morgan fingerprint density at radius 3 is 2.77 bits per heavy atom. The maximum absolute atomic E-state index is 12.9. The molecule has 1 unspecified atom stereocenters. The average molecular weight is 429 g/mol. The Hall–Kier alpha value is -1.74. The van der Waals surface area contributed by atoms with E-state index < -0.39 is 0 Å². The van der Waals surface area contributed by atoms with E-state index in [1.165, 1.54) is 48.8 Å². The van der Waals surface area contributed by atoms with Crippen molar-refractivity contribution in [3.8, 4) is 0 Å². The van der Waals surface area contributed by atoms with Crippen molar-refractivity contribution < 1.29 is 4.79 Å². The summed E-state index contributed by atoms with van der Waals surface area (Å²) in [5.41, 5.74) is 4.63. The number of aryl methyl sites for hydroxylation is 1. The molecule has 1 amide bonds. The van der Waals surface area contributed by atoms with Crippen LogP contribution in [0, 0.1) is 18.8 Å². The largest absolute Gasteiger partial charge is 0.388 e. The second-order valence-electron chi connectivity index (χ2n) is 8.93. The monoisotopic (exact) mass is 428 g/mol. The number of hydrogen-bond acceptors (Lipinski definition) is 2. The van der Waals surface area contributed by atoms with E-state index in [0.29, 0.717) is 5.92 Å². The Labute approximate surface area is 187 Å². The van der Waals surface area contributed by atoms with Gasteiger partial charge in [-0.25, -0.2) is 0 Å². The highest BCUT2D eigenvalue weighted by atomic mass is 35.5. The summed E-state index contributed by atoms with van der Waals surface area (Å²) in [6.45, 7) is 11.1. The minimum Gasteiger partial charge on any atom is -0.388 e. The topological polar surface area (TPSA) is 32.3 Å². The number of benzene rings is 1. The van der Waals surface area contributed by atoms with E-state index in [2.05, 4.69) is 48.9 Å². The van der Waals surface area contributed by atoms with Crippen LogP contribution in [0.1, 0.15) is 69.4 Å². The summed E-state index contributed by atoms with van der Waals surface area (Å²) < 4.78 is 0. The summed E-state index contributed by atoms with van der Waals surface area (Å²) in [6, 6.07) is 6.07. The zero-order chi connectivity index (χ0) is 21.5. The van der Waals surface area contributed by atoms with Gasteiger partial charge in [0.25, 0.3) is 0 Å². The number of halogens is 1. The molecule has 0 radical (unpaired) electrons. The summed E-state index contributed by atoms with van der Waals surface area (Å²) >= 11 is 6.23. The van der Waals surface area contributed by atoms with Gasteiger partial charge in [0.05, 0.1) is 5.92 Å². The lowest BCUT2D eigenvalue weighted by Gasteiger charge is -2.27. The lowest BCUT2D eigenvalue weighted by molar-refractivity contribution is -0.130. The van der Waals surface area contributed by atoms with Crippen LogP contribution in [-0.4, -0.2) is 30.4 Å². The van der Waals surface area contributed by atoms with Gasteiger partial charge in [-0.3, -0.25) is 4.79 Å². The minimum absolute atomic E-state index is 0.0694. The van der Waals surface area contributed by atoms with E-state index in [4.69, 9.17) is 11.6 Å². The summed E-state index contributed by atoms with van der Waals surface area (Å²) in [4.78, 5) is 15.0. The fraction of sp³-hybridized carbons (Fsp3) is 0.577. The maximum atomic E-state index is 12.9. The van der Waals surface area contributed by atoms with Crippen LogP contribution in [0.25, 0.3) is 5.57 Å². The zero-order valence-electron chi connectivity index (χ0n) is 18.7. The molecule has 1 aliphatic heterocycles. The van der Waals surface area contributed by atoms with Crippen molar-refractivity contribution in [3.05, 3.63) is 52.7 Å². The number of carbonyl (C=O) groups excluding carboxylic acids is 1. The molecular weight excluding hydrogens is 392 g/mol. The van der Waals surface area contributed by atoms with Crippen LogP contribution in [0.2, 0.25) is 5.02 Å². The Kier molecular flexibility index (Phi) is 8.44.